The largest absolute Gasteiger partial charge is 0.339 e. The van der Waals surface area contributed by atoms with Crippen molar-refractivity contribution in [2.24, 2.45) is 0 Å². The highest BCUT2D eigenvalue weighted by atomic mass is 32.1. The summed E-state index contributed by atoms with van der Waals surface area (Å²) in [7, 11) is 0. The first-order valence-corrected chi connectivity index (χ1v) is 11.1. The van der Waals surface area contributed by atoms with Crippen molar-refractivity contribution in [3.05, 3.63) is 59.2 Å². The lowest BCUT2D eigenvalue weighted by atomic mass is 9.63. The second-order valence-electron chi connectivity index (χ2n) is 7.86. The van der Waals surface area contributed by atoms with Gasteiger partial charge in [-0.1, -0.05) is 48.0 Å². The van der Waals surface area contributed by atoms with Crippen LogP contribution in [-0.4, -0.2) is 52.0 Å². The van der Waals surface area contributed by atoms with Crippen LogP contribution in [0, 0.1) is 0 Å². The molecule has 2 aromatic heterocycles. The summed E-state index contributed by atoms with van der Waals surface area (Å²) < 4.78 is 5.38. The molecule has 0 spiro atoms. The number of hydrogen-bond donors (Lipinski definition) is 0. The highest BCUT2D eigenvalue weighted by molar-refractivity contribution is 7.13. The molecule has 1 aliphatic carbocycles. The van der Waals surface area contributed by atoms with E-state index in [0.29, 0.717) is 24.2 Å². The van der Waals surface area contributed by atoms with Gasteiger partial charge in [0.15, 0.2) is 5.82 Å². The molecule has 1 saturated carbocycles. The van der Waals surface area contributed by atoms with Crippen LogP contribution >= 0.6 is 11.3 Å². The van der Waals surface area contributed by atoms with Crippen LogP contribution in [0.25, 0.3) is 10.8 Å². The SMILES string of the molecule is O=C(N1CCN(Cc2noc(-c3cccs3)n2)CC1)C1(c2ccccc2)CCC1. The molecule has 1 saturated heterocycles. The van der Waals surface area contributed by atoms with Crippen molar-refractivity contribution in [2.45, 2.75) is 31.2 Å². The average Bonchev–Trinajstić information content (AvgIpc) is 3.40. The van der Waals surface area contributed by atoms with Gasteiger partial charge in [-0.05, 0) is 29.9 Å². The molecule has 0 unspecified atom stereocenters. The molecule has 0 N–H and O–H groups in total. The van der Waals surface area contributed by atoms with Crippen molar-refractivity contribution < 1.29 is 9.32 Å². The second-order valence-corrected chi connectivity index (χ2v) is 8.81. The van der Waals surface area contributed by atoms with Crippen LogP contribution in [-0.2, 0) is 16.8 Å². The Balaban J connectivity index is 1.20. The molecule has 6 nitrogen and oxygen atoms in total. The Labute approximate surface area is 174 Å². The number of piperazine rings is 1. The number of nitrogens with zero attached hydrogens (tertiary/aromatic N) is 4. The van der Waals surface area contributed by atoms with Crippen molar-refractivity contribution in [3.63, 3.8) is 0 Å². The molecule has 3 aromatic rings. The summed E-state index contributed by atoms with van der Waals surface area (Å²) in [6, 6.07) is 14.3. The summed E-state index contributed by atoms with van der Waals surface area (Å²) in [6.45, 7) is 3.83. The molecule has 3 heterocycles. The molecule has 29 heavy (non-hydrogen) atoms. The van der Waals surface area contributed by atoms with E-state index >= 15 is 0 Å². The molecule has 0 radical (unpaired) electrons. The third kappa shape index (κ3) is 3.49. The number of aromatic nitrogens is 2. The Kier molecular flexibility index (Phi) is 4.93. The van der Waals surface area contributed by atoms with Crippen LogP contribution in [0.4, 0.5) is 0 Å². The van der Waals surface area contributed by atoms with Gasteiger partial charge in [-0.25, -0.2) is 0 Å². The molecule has 5 rings (SSSR count). The van der Waals surface area contributed by atoms with Gasteiger partial charge in [0.25, 0.3) is 5.89 Å². The van der Waals surface area contributed by atoms with Crippen molar-refractivity contribution in [3.8, 4) is 10.8 Å². The van der Waals surface area contributed by atoms with Gasteiger partial charge in [-0.3, -0.25) is 9.69 Å². The first kappa shape index (κ1) is 18.5. The van der Waals surface area contributed by atoms with Crippen molar-refractivity contribution in [1.82, 2.24) is 19.9 Å². The van der Waals surface area contributed by atoms with Crippen LogP contribution in [0.3, 0.4) is 0 Å². The van der Waals surface area contributed by atoms with E-state index in [2.05, 4.69) is 32.1 Å². The highest BCUT2D eigenvalue weighted by Gasteiger charge is 2.47. The fourth-order valence-electron chi connectivity index (χ4n) is 4.34. The minimum absolute atomic E-state index is 0.299. The summed E-state index contributed by atoms with van der Waals surface area (Å²) >= 11 is 1.59. The quantitative estimate of drug-likeness (QED) is 0.646. The standard InChI is InChI=1S/C22H24N4O2S/c27-21(22(9-5-10-22)17-6-2-1-3-7-17)26-13-11-25(12-14-26)16-19-23-20(28-24-19)18-8-4-15-29-18/h1-4,6-8,15H,5,9-14,16H2. The third-order valence-electron chi connectivity index (χ3n) is 6.17. The summed E-state index contributed by atoms with van der Waals surface area (Å²) in [5, 5.41) is 6.12. The zero-order valence-electron chi connectivity index (χ0n) is 16.3. The third-order valence-corrected chi connectivity index (χ3v) is 7.03. The van der Waals surface area contributed by atoms with Gasteiger partial charge in [0.05, 0.1) is 16.8 Å². The summed E-state index contributed by atoms with van der Waals surface area (Å²) in [5.74, 6) is 1.58. The minimum Gasteiger partial charge on any atom is -0.339 e. The number of hydrogen-bond acceptors (Lipinski definition) is 6. The topological polar surface area (TPSA) is 62.5 Å². The zero-order chi connectivity index (χ0) is 19.7. The van der Waals surface area contributed by atoms with E-state index in [1.807, 2.05) is 35.7 Å². The van der Waals surface area contributed by atoms with E-state index in [1.54, 1.807) is 11.3 Å². The fourth-order valence-corrected chi connectivity index (χ4v) is 4.99. The molecular weight excluding hydrogens is 384 g/mol. The number of amides is 1. The van der Waals surface area contributed by atoms with Gasteiger partial charge in [-0.15, -0.1) is 11.3 Å². The first-order chi connectivity index (χ1) is 14.2. The van der Waals surface area contributed by atoms with Gasteiger partial charge in [0.1, 0.15) is 0 Å². The van der Waals surface area contributed by atoms with Crippen LogP contribution in [0.15, 0.2) is 52.4 Å². The molecule has 2 fully saturated rings. The maximum absolute atomic E-state index is 13.4. The van der Waals surface area contributed by atoms with E-state index in [4.69, 9.17) is 4.52 Å². The molecule has 0 atom stereocenters. The first-order valence-electron chi connectivity index (χ1n) is 10.2. The van der Waals surface area contributed by atoms with Crippen molar-refractivity contribution in [1.29, 1.82) is 0 Å². The molecule has 7 heteroatoms. The molecule has 150 valence electrons. The minimum atomic E-state index is -0.299. The number of rotatable bonds is 5. The summed E-state index contributed by atoms with van der Waals surface area (Å²) in [4.78, 5) is 23.2. The smallest absolute Gasteiger partial charge is 0.268 e. The van der Waals surface area contributed by atoms with Gasteiger partial charge >= 0.3 is 0 Å². The van der Waals surface area contributed by atoms with Crippen LogP contribution in [0.1, 0.15) is 30.7 Å². The van der Waals surface area contributed by atoms with Gasteiger partial charge < -0.3 is 9.42 Å². The fraction of sp³-hybridized carbons (Fsp3) is 0.409. The molecule has 2 aliphatic rings. The Bertz CT molecular complexity index is 958. The van der Waals surface area contributed by atoms with E-state index in [0.717, 1.165) is 50.3 Å². The van der Waals surface area contributed by atoms with Crippen LogP contribution < -0.4 is 0 Å². The van der Waals surface area contributed by atoms with Gasteiger partial charge in [0, 0.05) is 26.2 Å². The van der Waals surface area contributed by atoms with Crippen LogP contribution in [0.5, 0.6) is 0 Å². The van der Waals surface area contributed by atoms with Crippen molar-refractivity contribution in [2.75, 3.05) is 26.2 Å². The summed E-state index contributed by atoms with van der Waals surface area (Å²) in [6.07, 6.45) is 3.06. The molecular formula is C22H24N4O2S. The monoisotopic (exact) mass is 408 g/mol. The maximum Gasteiger partial charge on any atom is 0.268 e. The Morgan fingerprint density at radius 3 is 2.52 bits per heavy atom. The van der Waals surface area contributed by atoms with E-state index in [9.17, 15) is 4.79 Å². The number of thiophene rings is 1. The van der Waals surface area contributed by atoms with Gasteiger partial charge in [0.2, 0.25) is 5.91 Å². The molecule has 1 aliphatic heterocycles. The average molecular weight is 409 g/mol. The maximum atomic E-state index is 13.4. The van der Waals surface area contributed by atoms with Crippen LogP contribution in [0.2, 0.25) is 0 Å². The highest BCUT2D eigenvalue weighted by Crippen LogP contribution is 2.45. The van der Waals surface area contributed by atoms with Gasteiger partial charge in [-0.2, -0.15) is 4.98 Å². The molecule has 1 aromatic carbocycles. The Morgan fingerprint density at radius 1 is 1.07 bits per heavy atom. The van der Waals surface area contributed by atoms with E-state index in [-0.39, 0.29) is 5.41 Å². The predicted molar refractivity (Wildman–Crippen MR) is 111 cm³/mol. The second kappa shape index (κ2) is 7.72. The van der Waals surface area contributed by atoms with E-state index < -0.39 is 0 Å². The number of benzene rings is 1. The number of carbonyl (C=O) groups excluding carboxylic acids is 1. The lowest BCUT2D eigenvalue weighted by Crippen LogP contribution is -2.56. The zero-order valence-corrected chi connectivity index (χ0v) is 17.1. The van der Waals surface area contributed by atoms with Crippen molar-refractivity contribution >= 4 is 17.2 Å². The summed E-state index contributed by atoms with van der Waals surface area (Å²) in [5.41, 5.74) is 0.874. The Hall–Kier alpha value is -2.51. The van der Waals surface area contributed by atoms with E-state index in [1.165, 1.54) is 5.56 Å². The number of carbonyl (C=O) groups is 1. The Morgan fingerprint density at radius 2 is 1.86 bits per heavy atom. The predicted octanol–water partition coefficient (Wildman–Crippen LogP) is 3.56. The lowest BCUT2D eigenvalue weighted by Gasteiger charge is -2.46. The molecule has 0 bridgehead atoms. The lowest BCUT2D eigenvalue weighted by molar-refractivity contribution is -0.142. The molecule has 1 amide bonds. The normalized spacial score (nSPS) is 19.1.